The lowest BCUT2D eigenvalue weighted by Crippen LogP contribution is -2.37. The van der Waals surface area contributed by atoms with Gasteiger partial charge in [0.2, 0.25) is 5.88 Å². The van der Waals surface area contributed by atoms with Crippen molar-refractivity contribution in [2.45, 2.75) is 19.6 Å². The van der Waals surface area contributed by atoms with Gasteiger partial charge in [0.1, 0.15) is 6.61 Å². The van der Waals surface area contributed by atoms with Gasteiger partial charge in [-0.25, -0.2) is 4.98 Å². The number of ether oxygens (including phenoxy) is 1. The van der Waals surface area contributed by atoms with Gasteiger partial charge in [-0.2, -0.15) is 0 Å². The molecule has 3 rings (SSSR count). The number of guanidine groups is 1. The maximum absolute atomic E-state index is 5.91. The molecule has 0 saturated carbocycles. The third kappa shape index (κ3) is 6.11. The molecule has 0 fully saturated rings. The Balaban J connectivity index is 1.50. The first-order valence-electron chi connectivity index (χ1n) is 8.92. The average molecular weight is 381 g/mol. The predicted molar refractivity (Wildman–Crippen MR) is 111 cm³/mol. The highest BCUT2D eigenvalue weighted by atomic mass is 32.1. The number of thiophene rings is 1. The molecule has 0 amide bonds. The van der Waals surface area contributed by atoms with E-state index in [0.717, 1.165) is 30.1 Å². The van der Waals surface area contributed by atoms with Gasteiger partial charge < -0.3 is 15.4 Å². The van der Waals surface area contributed by atoms with E-state index < -0.39 is 0 Å². The lowest BCUT2D eigenvalue weighted by atomic mass is 10.2. The van der Waals surface area contributed by atoms with Crippen LogP contribution in [0, 0.1) is 0 Å². The number of benzene rings is 1. The molecule has 2 heterocycles. The van der Waals surface area contributed by atoms with E-state index in [0.29, 0.717) is 19.0 Å². The van der Waals surface area contributed by atoms with Crippen LogP contribution in [0.15, 0.2) is 71.2 Å². The first kappa shape index (κ1) is 18.9. The van der Waals surface area contributed by atoms with Crippen LogP contribution in [0.4, 0.5) is 0 Å². The van der Waals surface area contributed by atoms with E-state index in [2.05, 4.69) is 38.1 Å². The smallest absolute Gasteiger partial charge is 0.218 e. The van der Waals surface area contributed by atoms with E-state index >= 15 is 0 Å². The fourth-order valence-electron chi connectivity index (χ4n) is 2.57. The van der Waals surface area contributed by atoms with E-state index in [-0.39, 0.29) is 0 Å². The summed E-state index contributed by atoms with van der Waals surface area (Å²) in [6, 6.07) is 18.2. The molecule has 0 radical (unpaired) electrons. The minimum atomic E-state index is 0.499. The zero-order chi connectivity index (χ0) is 18.7. The van der Waals surface area contributed by atoms with Crippen LogP contribution in [0.3, 0.4) is 0 Å². The molecule has 0 aliphatic carbocycles. The molecule has 2 aromatic heterocycles. The standard InChI is InChI=1S/C21H24N4OS/c1-22-21(24-13-11-19-10-6-14-27-19)25-15-18-9-5-12-23-20(18)26-16-17-7-3-2-4-8-17/h2-10,12,14H,11,13,15-16H2,1H3,(H2,22,24,25). The monoisotopic (exact) mass is 380 g/mol. The second-order valence-corrected chi connectivity index (χ2v) is 6.96. The van der Waals surface area contributed by atoms with Crippen molar-refractivity contribution >= 4 is 17.3 Å². The van der Waals surface area contributed by atoms with Crippen LogP contribution in [0.1, 0.15) is 16.0 Å². The molecule has 0 aliphatic heterocycles. The van der Waals surface area contributed by atoms with Gasteiger partial charge in [-0.05, 0) is 29.5 Å². The lowest BCUT2D eigenvalue weighted by molar-refractivity contribution is 0.290. The number of aromatic nitrogens is 1. The molecule has 2 N–H and O–H groups in total. The first-order chi connectivity index (χ1) is 13.3. The van der Waals surface area contributed by atoms with Crippen molar-refractivity contribution in [1.29, 1.82) is 0 Å². The highest BCUT2D eigenvalue weighted by Crippen LogP contribution is 2.16. The van der Waals surface area contributed by atoms with Crippen LogP contribution < -0.4 is 15.4 Å². The molecule has 5 nitrogen and oxygen atoms in total. The van der Waals surface area contributed by atoms with Crippen molar-refractivity contribution in [1.82, 2.24) is 15.6 Å². The number of aliphatic imine (C=N–C) groups is 1. The maximum Gasteiger partial charge on any atom is 0.218 e. The summed E-state index contributed by atoms with van der Waals surface area (Å²) in [6.07, 6.45) is 2.73. The summed E-state index contributed by atoms with van der Waals surface area (Å²) in [7, 11) is 1.77. The molecule has 0 unspecified atom stereocenters. The van der Waals surface area contributed by atoms with Crippen LogP contribution in [0.2, 0.25) is 0 Å². The van der Waals surface area contributed by atoms with Gasteiger partial charge in [-0.1, -0.05) is 42.5 Å². The molecule has 6 heteroatoms. The highest BCUT2D eigenvalue weighted by molar-refractivity contribution is 7.09. The van der Waals surface area contributed by atoms with Crippen molar-refractivity contribution in [3.05, 3.63) is 82.2 Å². The van der Waals surface area contributed by atoms with Gasteiger partial charge in [0, 0.05) is 36.8 Å². The molecular formula is C21H24N4OS. The molecule has 140 valence electrons. The minimum absolute atomic E-state index is 0.499. The van der Waals surface area contributed by atoms with Crippen molar-refractivity contribution < 1.29 is 4.74 Å². The van der Waals surface area contributed by atoms with Crippen molar-refractivity contribution in [3.63, 3.8) is 0 Å². The van der Waals surface area contributed by atoms with Gasteiger partial charge in [0.25, 0.3) is 0 Å². The molecule has 27 heavy (non-hydrogen) atoms. The zero-order valence-corrected chi connectivity index (χ0v) is 16.2. The van der Waals surface area contributed by atoms with E-state index in [1.54, 1.807) is 24.6 Å². The molecule has 0 saturated heterocycles. The topological polar surface area (TPSA) is 58.5 Å². The summed E-state index contributed by atoms with van der Waals surface area (Å²) in [5.74, 6) is 1.41. The van der Waals surface area contributed by atoms with E-state index in [4.69, 9.17) is 4.74 Å². The highest BCUT2D eigenvalue weighted by Gasteiger charge is 2.06. The van der Waals surface area contributed by atoms with Crippen LogP contribution in [-0.2, 0) is 19.6 Å². The van der Waals surface area contributed by atoms with Gasteiger partial charge in [0.15, 0.2) is 5.96 Å². The van der Waals surface area contributed by atoms with E-state index in [1.807, 2.05) is 42.5 Å². The zero-order valence-electron chi connectivity index (χ0n) is 15.4. The number of pyridine rings is 1. The van der Waals surface area contributed by atoms with Gasteiger partial charge in [-0.15, -0.1) is 11.3 Å². The SMILES string of the molecule is CN=C(NCCc1cccs1)NCc1cccnc1OCc1ccccc1. The van der Waals surface area contributed by atoms with Crippen molar-refractivity contribution in [2.24, 2.45) is 4.99 Å². The fourth-order valence-corrected chi connectivity index (χ4v) is 3.28. The Hall–Kier alpha value is -2.86. The quantitative estimate of drug-likeness (QED) is 0.463. The number of nitrogens with zero attached hydrogens (tertiary/aromatic N) is 2. The maximum atomic E-state index is 5.91. The first-order valence-corrected chi connectivity index (χ1v) is 9.80. The Bertz CT molecular complexity index is 834. The second-order valence-electron chi connectivity index (χ2n) is 5.92. The molecule has 0 atom stereocenters. The summed E-state index contributed by atoms with van der Waals surface area (Å²) < 4.78 is 5.91. The Morgan fingerprint density at radius 3 is 2.74 bits per heavy atom. The summed E-state index contributed by atoms with van der Waals surface area (Å²) in [5.41, 5.74) is 2.11. The Kier molecular flexibility index (Phi) is 7.24. The van der Waals surface area contributed by atoms with Gasteiger partial charge in [-0.3, -0.25) is 4.99 Å². The lowest BCUT2D eigenvalue weighted by Gasteiger charge is -2.14. The van der Waals surface area contributed by atoms with E-state index in [9.17, 15) is 0 Å². The minimum Gasteiger partial charge on any atom is -0.473 e. The molecule has 1 aromatic carbocycles. The summed E-state index contributed by atoms with van der Waals surface area (Å²) in [4.78, 5) is 10.0. The summed E-state index contributed by atoms with van der Waals surface area (Å²) in [5, 5.41) is 8.77. The number of rotatable bonds is 8. The molecule has 3 aromatic rings. The van der Waals surface area contributed by atoms with Crippen LogP contribution in [0.25, 0.3) is 0 Å². The number of nitrogens with one attached hydrogen (secondary N) is 2. The Morgan fingerprint density at radius 1 is 1.07 bits per heavy atom. The third-order valence-corrected chi connectivity index (χ3v) is 4.92. The van der Waals surface area contributed by atoms with Crippen LogP contribution in [0.5, 0.6) is 5.88 Å². The Morgan fingerprint density at radius 2 is 1.96 bits per heavy atom. The largest absolute Gasteiger partial charge is 0.473 e. The molecule has 0 spiro atoms. The van der Waals surface area contributed by atoms with E-state index in [1.165, 1.54) is 4.88 Å². The summed E-state index contributed by atoms with van der Waals surface area (Å²) >= 11 is 1.77. The van der Waals surface area contributed by atoms with Crippen molar-refractivity contribution in [2.75, 3.05) is 13.6 Å². The fraction of sp³-hybridized carbons (Fsp3) is 0.238. The Labute approximate surface area is 164 Å². The second kappa shape index (κ2) is 10.3. The molecular weight excluding hydrogens is 356 g/mol. The van der Waals surface area contributed by atoms with Gasteiger partial charge in [0.05, 0.1) is 0 Å². The van der Waals surface area contributed by atoms with Crippen molar-refractivity contribution in [3.8, 4) is 5.88 Å². The predicted octanol–water partition coefficient (Wildman–Crippen LogP) is 3.63. The normalized spacial score (nSPS) is 11.2. The third-order valence-electron chi connectivity index (χ3n) is 3.98. The van der Waals surface area contributed by atoms with Crippen LogP contribution in [-0.4, -0.2) is 24.5 Å². The average Bonchev–Trinajstić information content (AvgIpc) is 3.24. The molecule has 0 bridgehead atoms. The molecule has 0 aliphatic rings. The van der Waals surface area contributed by atoms with Gasteiger partial charge >= 0.3 is 0 Å². The number of hydrogen-bond acceptors (Lipinski definition) is 4. The summed E-state index contributed by atoms with van der Waals surface area (Å²) in [6.45, 7) is 1.93. The van der Waals surface area contributed by atoms with Crippen LogP contribution >= 0.6 is 11.3 Å². The number of hydrogen-bond donors (Lipinski definition) is 2.